The minimum Gasteiger partial charge on any atom is -0.507 e. The third-order valence-corrected chi connectivity index (χ3v) is 11.9. The number of allylic oxidation sites excluding steroid dienone is 3. The van der Waals surface area contributed by atoms with Crippen molar-refractivity contribution in [3.8, 4) is 0 Å². The van der Waals surface area contributed by atoms with E-state index >= 15 is 4.39 Å². The summed E-state index contributed by atoms with van der Waals surface area (Å²) in [6, 6.07) is 0.841. The van der Waals surface area contributed by atoms with Gasteiger partial charge in [-0.2, -0.15) is 0 Å². The number of amides is 1. The third-order valence-electron chi connectivity index (χ3n) is 11.6. The third kappa shape index (κ3) is 7.21. The van der Waals surface area contributed by atoms with E-state index in [-0.39, 0.29) is 45.5 Å². The summed E-state index contributed by atoms with van der Waals surface area (Å²) in [5.74, 6) is -8.92. The van der Waals surface area contributed by atoms with Crippen LogP contribution in [0, 0.1) is 39.8 Å². The SMILES string of the molecule is CO[C@H]1/C=C/O[C@@]2(C)OC3=C(C)C(O)=c4c(c5nc6cc(F)c(=S)c(F)c6oc5c(c4=O)NC(=O)/C(C)=C\C=C\[C@H](C)[C@H](O)[C@@H](C)[C@@H](O)[C@@H](C)[C@H](O)[C@@H]1C)C(=C2O)C3. The molecule has 310 valence electrons. The van der Waals surface area contributed by atoms with E-state index in [1.54, 1.807) is 33.8 Å². The number of halogens is 2. The second-order valence-electron chi connectivity index (χ2n) is 15.4. The molecule has 9 atom stereocenters. The van der Waals surface area contributed by atoms with E-state index in [1.807, 2.05) is 0 Å². The number of anilines is 1. The molecule has 58 heavy (non-hydrogen) atoms. The lowest BCUT2D eigenvalue weighted by Crippen LogP contribution is -2.44. The van der Waals surface area contributed by atoms with E-state index in [4.69, 9.17) is 30.8 Å². The van der Waals surface area contributed by atoms with Gasteiger partial charge in [-0.05, 0) is 19.9 Å². The Hall–Kier alpha value is -5.00. The van der Waals surface area contributed by atoms with Crippen molar-refractivity contribution in [1.82, 2.24) is 4.98 Å². The number of carbonyl (C=O) groups is 1. The van der Waals surface area contributed by atoms with Gasteiger partial charge in [-0.15, -0.1) is 0 Å². The normalized spacial score (nSPS) is 32.1. The molecule has 2 aromatic carbocycles. The van der Waals surface area contributed by atoms with E-state index in [2.05, 4.69) is 10.3 Å². The average molecular weight is 825 g/mol. The van der Waals surface area contributed by atoms with E-state index in [9.17, 15) is 39.5 Å². The molecule has 3 heterocycles. The van der Waals surface area contributed by atoms with Crippen LogP contribution in [0.5, 0.6) is 0 Å². The number of ether oxygens (including phenoxy) is 3. The van der Waals surface area contributed by atoms with Gasteiger partial charge in [0.05, 0.1) is 35.9 Å². The second-order valence-corrected chi connectivity index (χ2v) is 15.8. The Labute approximate surface area is 336 Å². The number of hydrogen-bond donors (Lipinski definition) is 6. The number of methoxy groups -OCH3 is 1. The first-order valence-corrected chi connectivity index (χ1v) is 19.1. The highest BCUT2D eigenvalue weighted by atomic mass is 32.1. The highest BCUT2D eigenvalue weighted by Gasteiger charge is 2.45. The van der Waals surface area contributed by atoms with Gasteiger partial charge in [-0.25, -0.2) is 13.8 Å². The van der Waals surface area contributed by atoms with Crippen LogP contribution in [-0.4, -0.2) is 73.7 Å². The number of carbonyl (C=O) groups excluding carboxylic acids is 1. The molecular weight excluding hydrogens is 779 g/mol. The van der Waals surface area contributed by atoms with E-state index in [0.717, 1.165) is 6.07 Å². The maximum Gasteiger partial charge on any atom is 0.306 e. The van der Waals surface area contributed by atoms with Gasteiger partial charge in [-0.3, -0.25) is 9.59 Å². The topological polar surface area (TPSA) is 201 Å². The first kappa shape index (κ1) is 42.6. The summed E-state index contributed by atoms with van der Waals surface area (Å²) in [4.78, 5) is 32.8. The molecular formula is C42H46F2N2O11S. The summed E-state index contributed by atoms with van der Waals surface area (Å²) in [7, 11) is 1.42. The number of aliphatic hydroxyl groups excluding tert-OH is 5. The zero-order chi connectivity index (χ0) is 42.7. The molecule has 1 amide bonds. The Kier molecular flexibility index (Phi) is 11.7. The monoisotopic (exact) mass is 824 g/mol. The quantitative estimate of drug-likeness (QED) is 0.122. The predicted molar refractivity (Wildman–Crippen MR) is 213 cm³/mol. The Balaban J connectivity index is 1.65. The summed E-state index contributed by atoms with van der Waals surface area (Å²) in [5, 5.41) is 59.7. The first-order chi connectivity index (χ1) is 27.2. The zero-order valence-corrected chi connectivity index (χ0v) is 33.9. The van der Waals surface area contributed by atoms with Crippen LogP contribution >= 0.6 is 12.2 Å². The number of aliphatic hydroxyl groups is 5. The number of benzene rings is 2. The molecule has 6 rings (SSSR count). The van der Waals surface area contributed by atoms with Crippen LogP contribution in [0.25, 0.3) is 33.5 Å². The van der Waals surface area contributed by atoms with Crippen molar-refractivity contribution in [1.29, 1.82) is 0 Å². The molecule has 0 saturated heterocycles. The van der Waals surface area contributed by atoms with E-state index in [1.165, 1.54) is 52.4 Å². The van der Waals surface area contributed by atoms with Crippen LogP contribution in [0.1, 0.15) is 60.5 Å². The number of aromatic nitrogens is 1. The van der Waals surface area contributed by atoms with Gasteiger partial charge in [-0.1, -0.05) is 58.1 Å². The minimum atomic E-state index is -2.02. The van der Waals surface area contributed by atoms with Crippen molar-refractivity contribution >= 4 is 57.3 Å². The van der Waals surface area contributed by atoms with Crippen LogP contribution in [0.4, 0.5) is 14.5 Å². The van der Waals surface area contributed by atoms with Crippen LogP contribution in [0.2, 0.25) is 0 Å². The molecule has 6 N–H and O–H groups in total. The van der Waals surface area contributed by atoms with Crippen molar-refractivity contribution in [2.24, 2.45) is 23.7 Å². The van der Waals surface area contributed by atoms with Gasteiger partial charge < -0.3 is 49.5 Å². The molecule has 0 spiro atoms. The zero-order valence-electron chi connectivity index (χ0n) is 33.1. The van der Waals surface area contributed by atoms with E-state index in [0.29, 0.717) is 0 Å². The maximum atomic E-state index is 15.5. The van der Waals surface area contributed by atoms with Crippen LogP contribution in [-0.2, 0) is 19.0 Å². The van der Waals surface area contributed by atoms with Crippen molar-refractivity contribution in [2.75, 3.05) is 12.4 Å². The molecule has 13 nitrogen and oxygen atoms in total. The Morgan fingerprint density at radius 3 is 2.31 bits per heavy atom. The lowest BCUT2D eigenvalue weighted by molar-refractivity contribution is -0.166. The summed E-state index contributed by atoms with van der Waals surface area (Å²) in [5.41, 5.74) is -3.33. The number of rotatable bonds is 1. The molecule has 3 aliphatic rings. The van der Waals surface area contributed by atoms with Gasteiger partial charge >= 0.3 is 5.79 Å². The molecule has 0 saturated carbocycles. The van der Waals surface area contributed by atoms with Gasteiger partial charge in [0.1, 0.15) is 38.6 Å². The van der Waals surface area contributed by atoms with Gasteiger partial charge in [0.2, 0.25) is 5.43 Å². The number of nitrogens with one attached hydrogen (secondary N) is 1. The van der Waals surface area contributed by atoms with E-state index < -0.39 is 115 Å². The lowest BCUT2D eigenvalue weighted by atomic mass is 9.78. The molecule has 3 aromatic rings. The predicted octanol–water partition coefficient (Wildman–Crippen LogP) is 6.05. The highest BCUT2D eigenvalue weighted by Crippen LogP contribution is 2.45. The molecule has 1 aromatic heterocycles. The van der Waals surface area contributed by atoms with Crippen molar-refractivity contribution in [3.63, 3.8) is 0 Å². The first-order valence-electron chi connectivity index (χ1n) is 18.7. The number of fused-ring (bicyclic) bond motifs is 6. The lowest BCUT2D eigenvalue weighted by Gasteiger charge is -2.37. The Morgan fingerprint density at radius 1 is 0.983 bits per heavy atom. The molecule has 0 fully saturated rings. The highest BCUT2D eigenvalue weighted by molar-refractivity contribution is 7.71. The van der Waals surface area contributed by atoms with Crippen LogP contribution < -0.4 is 16.0 Å². The molecule has 6 bridgehead atoms. The summed E-state index contributed by atoms with van der Waals surface area (Å²) in [6.45, 7) is 11.0. The number of nitrogens with zero attached hydrogens (tertiary/aromatic N) is 1. The van der Waals surface area contributed by atoms with Crippen molar-refractivity contribution in [3.05, 3.63) is 96.4 Å². The molecule has 0 unspecified atom stereocenters. The molecule has 1 aliphatic carbocycles. The van der Waals surface area contributed by atoms with Crippen molar-refractivity contribution < 1.29 is 57.7 Å². The maximum absolute atomic E-state index is 15.5. The largest absolute Gasteiger partial charge is 0.507 e. The minimum absolute atomic E-state index is 0.0191. The van der Waals surface area contributed by atoms with Crippen LogP contribution in [0.15, 0.2) is 68.5 Å². The average Bonchev–Trinajstić information content (AvgIpc) is 3.29. The van der Waals surface area contributed by atoms with Crippen molar-refractivity contribution in [2.45, 2.75) is 85.1 Å². The van der Waals surface area contributed by atoms with Gasteiger partial charge in [0.25, 0.3) is 5.91 Å². The van der Waals surface area contributed by atoms with Crippen LogP contribution in [0.3, 0.4) is 0 Å². The standard InChI is InChI=1S/C42H46F2N2O11S/c1-16-10-9-11-17(2)41(53)46-31-36(51)28-27(30-38(31)56-37-24(45-30)15-23(43)39(58)29(37)44)22-14-26(19(4)35(28)50)57-42(7,40(22)52)55-13-12-25(54-8)18(3)33(48)21(6)34(49)20(5)32(16)47/h9-13,15-16,18,20-21,25,32-34,47-50,52H,14H2,1-8H3,(H,46,53)/b10-9+,13-12+,17-11-/t16-,18+,20+,21-,25-,32-,33+,34+,42-/m0/s1. The fraction of sp³-hybridized carbons (Fsp3) is 0.429. The fourth-order valence-corrected chi connectivity index (χ4v) is 7.84. The summed E-state index contributed by atoms with van der Waals surface area (Å²) in [6.07, 6.45) is 2.85. The summed E-state index contributed by atoms with van der Waals surface area (Å²) < 4.78 is 53.3. The molecule has 0 radical (unpaired) electrons. The molecule has 2 aliphatic heterocycles. The fourth-order valence-electron chi connectivity index (χ4n) is 7.69. The number of hydrogen-bond acceptors (Lipinski definition) is 13. The summed E-state index contributed by atoms with van der Waals surface area (Å²) >= 11 is 4.89. The van der Waals surface area contributed by atoms with Gasteiger partial charge in [0, 0.05) is 72.5 Å². The Bertz CT molecular complexity index is 2550. The second kappa shape index (κ2) is 16.0. The van der Waals surface area contributed by atoms with Gasteiger partial charge in [0.15, 0.2) is 22.7 Å². The Morgan fingerprint density at radius 2 is 1.64 bits per heavy atom. The smallest absolute Gasteiger partial charge is 0.306 e. The molecule has 16 heteroatoms.